The molecule has 0 spiro atoms. The number of esters is 1. The van der Waals surface area contributed by atoms with Crippen molar-refractivity contribution < 1.29 is 9.53 Å². The summed E-state index contributed by atoms with van der Waals surface area (Å²) in [4.78, 5) is 10.8. The van der Waals surface area contributed by atoms with Gasteiger partial charge in [-0.25, -0.2) is 0 Å². The minimum Gasteiger partial charge on any atom is -0.458 e. The van der Waals surface area contributed by atoms with Gasteiger partial charge in [0.15, 0.2) is 0 Å². The predicted molar refractivity (Wildman–Crippen MR) is 66.2 cm³/mol. The molecule has 0 aliphatic carbocycles. The molecule has 2 heteroatoms. The van der Waals surface area contributed by atoms with Gasteiger partial charge in [0.25, 0.3) is 0 Å². The molecule has 1 heterocycles. The van der Waals surface area contributed by atoms with Crippen LogP contribution in [0.5, 0.6) is 0 Å². The van der Waals surface area contributed by atoms with Crippen molar-refractivity contribution in [1.29, 1.82) is 0 Å². The monoisotopic (exact) mass is 224 g/mol. The van der Waals surface area contributed by atoms with Crippen LogP contribution in [0.4, 0.5) is 0 Å². The molecule has 1 aliphatic heterocycles. The van der Waals surface area contributed by atoms with Crippen LogP contribution in [0.25, 0.3) is 0 Å². The molecule has 92 valence electrons. The number of carbonyl (C=O) groups is 1. The maximum atomic E-state index is 10.8. The second-order valence-corrected chi connectivity index (χ2v) is 4.55. The van der Waals surface area contributed by atoms with Crippen LogP contribution in [0.3, 0.4) is 0 Å². The van der Waals surface area contributed by atoms with Gasteiger partial charge in [-0.2, -0.15) is 0 Å². The molecule has 0 aromatic rings. The molecule has 0 aromatic carbocycles. The zero-order valence-electron chi connectivity index (χ0n) is 10.4. The van der Waals surface area contributed by atoms with Crippen molar-refractivity contribution in [1.82, 2.24) is 0 Å². The summed E-state index contributed by atoms with van der Waals surface area (Å²) < 4.78 is 5.10. The number of unbranched alkanes of at least 4 members (excludes halogenated alkanes) is 6. The van der Waals surface area contributed by atoms with Crippen LogP contribution in [0.2, 0.25) is 0 Å². The van der Waals surface area contributed by atoms with E-state index in [4.69, 9.17) is 4.74 Å². The Balaban J connectivity index is 1.90. The zero-order valence-corrected chi connectivity index (χ0v) is 10.4. The smallest absolute Gasteiger partial charge is 0.306 e. The fourth-order valence-electron chi connectivity index (χ4n) is 1.97. The van der Waals surface area contributed by atoms with Gasteiger partial charge in [0.05, 0.1) is 0 Å². The molecule has 0 bridgehead atoms. The first kappa shape index (κ1) is 13.3. The van der Waals surface area contributed by atoms with E-state index in [2.05, 4.69) is 19.1 Å². The molecule has 1 rings (SSSR count). The molecule has 1 atom stereocenters. The molecule has 2 nitrogen and oxygen atoms in total. The largest absolute Gasteiger partial charge is 0.458 e. The molecule has 0 unspecified atom stereocenters. The maximum absolute atomic E-state index is 10.8. The Morgan fingerprint density at radius 3 is 2.69 bits per heavy atom. The topological polar surface area (TPSA) is 26.3 Å². The molecule has 16 heavy (non-hydrogen) atoms. The van der Waals surface area contributed by atoms with Crippen LogP contribution < -0.4 is 0 Å². The van der Waals surface area contributed by atoms with Gasteiger partial charge in [0.2, 0.25) is 0 Å². The van der Waals surface area contributed by atoms with Crippen molar-refractivity contribution in [3.05, 3.63) is 12.2 Å². The first-order chi connectivity index (χ1) is 7.83. The molecular weight excluding hydrogens is 200 g/mol. The van der Waals surface area contributed by atoms with E-state index in [-0.39, 0.29) is 12.1 Å². The lowest BCUT2D eigenvalue weighted by Crippen LogP contribution is -2.01. The van der Waals surface area contributed by atoms with E-state index in [1.165, 1.54) is 38.5 Å². The highest BCUT2D eigenvalue weighted by atomic mass is 16.5. The molecule has 1 saturated heterocycles. The summed E-state index contributed by atoms with van der Waals surface area (Å²) >= 11 is 0. The third-order valence-electron chi connectivity index (χ3n) is 2.99. The van der Waals surface area contributed by atoms with Crippen molar-refractivity contribution in [3.63, 3.8) is 0 Å². The summed E-state index contributed by atoms with van der Waals surface area (Å²) in [6, 6.07) is 0. The highest BCUT2D eigenvalue weighted by Crippen LogP contribution is 2.15. The molecule has 0 saturated carbocycles. The lowest BCUT2D eigenvalue weighted by molar-refractivity contribution is -0.139. The molecule has 0 N–H and O–H groups in total. The molecular formula is C14H24O2. The highest BCUT2D eigenvalue weighted by molar-refractivity contribution is 5.71. The summed E-state index contributed by atoms with van der Waals surface area (Å²) in [5.41, 5.74) is 0. The first-order valence-corrected chi connectivity index (χ1v) is 6.69. The Hall–Kier alpha value is -0.790. The number of hydrogen-bond donors (Lipinski definition) is 0. The van der Waals surface area contributed by atoms with E-state index in [0.717, 1.165) is 12.8 Å². The SMILES string of the molecule is CCCCCCCC/C=C/[C@@H]1CCC(=O)O1. The average Bonchev–Trinajstić information content (AvgIpc) is 2.68. The number of cyclic esters (lactones) is 1. The Morgan fingerprint density at radius 2 is 2.00 bits per heavy atom. The van der Waals surface area contributed by atoms with Crippen LogP contribution in [0, 0.1) is 0 Å². The quantitative estimate of drug-likeness (QED) is 0.354. The first-order valence-electron chi connectivity index (χ1n) is 6.69. The van der Waals surface area contributed by atoms with E-state index in [1.54, 1.807) is 0 Å². The lowest BCUT2D eigenvalue weighted by Gasteiger charge is -2.01. The van der Waals surface area contributed by atoms with Crippen LogP contribution in [-0.4, -0.2) is 12.1 Å². The third-order valence-corrected chi connectivity index (χ3v) is 2.99. The summed E-state index contributed by atoms with van der Waals surface area (Å²) in [5.74, 6) is -0.0470. The fraction of sp³-hybridized carbons (Fsp3) is 0.786. The number of allylic oxidation sites excluding steroid dienone is 1. The second kappa shape index (κ2) is 8.37. The van der Waals surface area contributed by atoms with E-state index in [9.17, 15) is 4.79 Å². The number of carbonyl (C=O) groups excluding carboxylic acids is 1. The summed E-state index contributed by atoms with van der Waals surface area (Å²) in [7, 11) is 0. The van der Waals surface area contributed by atoms with Crippen LogP contribution in [0.1, 0.15) is 64.7 Å². The summed E-state index contributed by atoms with van der Waals surface area (Å²) in [6.07, 6.45) is 14.9. The zero-order chi connectivity index (χ0) is 11.6. The highest BCUT2D eigenvalue weighted by Gasteiger charge is 2.19. The van der Waals surface area contributed by atoms with Crippen LogP contribution in [-0.2, 0) is 9.53 Å². The summed E-state index contributed by atoms with van der Waals surface area (Å²) in [5, 5.41) is 0. The lowest BCUT2D eigenvalue weighted by atomic mass is 10.1. The third kappa shape index (κ3) is 5.94. The van der Waals surface area contributed by atoms with Crippen LogP contribution in [0.15, 0.2) is 12.2 Å². The molecule has 0 amide bonds. The minimum absolute atomic E-state index is 0.0470. The molecule has 1 fully saturated rings. The van der Waals surface area contributed by atoms with Gasteiger partial charge >= 0.3 is 5.97 Å². The van der Waals surface area contributed by atoms with Gasteiger partial charge in [0, 0.05) is 6.42 Å². The van der Waals surface area contributed by atoms with E-state index in [0.29, 0.717) is 6.42 Å². The average molecular weight is 224 g/mol. The van der Waals surface area contributed by atoms with Gasteiger partial charge in [-0.3, -0.25) is 4.79 Å². The molecule has 0 radical (unpaired) electrons. The van der Waals surface area contributed by atoms with E-state index in [1.807, 2.05) is 0 Å². The number of hydrogen-bond acceptors (Lipinski definition) is 2. The number of rotatable bonds is 8. The Labute approximate surface area is 99.1 Å². The predicted octanol–water partition coefficient (Wildman–Crippen LogP) is 4.00. The minimum atomic E-state index is -0.0470. The van der Waals surface area contributed by atoms with Gasteiger partial charge < -0.3 is 4.74 Å². The van der Waals surface area contributed by atoms with Crippen molar-refractivity contribution >= 4 is 5.97 Å². The number of ether oxygens (including phenoxy) is 1. The van der Waals surface area contributed by atoms with E-state index >= 15 is 0 Å². The van der Waals surface area contributed by atoms with Crippen LogP contribution >= 0.6 is 0 Å². The molecule has 0 aromatic heterocycles. The summed E-state index contributed by atoms with van der Waals surface area (Å²) in [6.45, 7) is 2.24. The Morgan fingerprint density at radius 1 is 1.25 bits per heavy atom. The van der Waals surface area contributed by atoms with Gasteiger partial charge in [-0.15, -0.1) is 0 Å². The van der Waals surface area contributed by atoms with Crippen molar-refractivity contribution in [3.8, 4) is 0 Å². The van der Waals surface area contributed by atoms with E-state index < -0.39 is 0 Å². The fourth-order valence-corrected chi connectivity index (χ4v) is 1.97. The molecule has 1 aliphatic rings. The Kier molecular flexibility index (Phi) is 6.95. The normalized spacial score (nSPS) is 20.6. The standard InChI is InChI=1S/C14H24O2/c1-2-3-4-5-6-7-8-9-10-13-11-12-14(15)16-13/h9-10,13H,2-8,11-12H2,1H3/b10-9+/t13-/m1/s1. The Bertz CT molecular complexity index is 221. The van der Waals surface area contributed by atoms with Gasteiger partial charge in [-0.05, 0) is 25.3 Å². The maximum Gasteiger partial charge on any atom is 0.306 e. The van der Waals surface area contributed by atoms with Gasteiger partial charge in [0.1, 0.15) is 6.10 Å². The van der Waals surface area contributed by atoms with Crippen molar-refractivity contribution in [2.75, 3.05) is 0 Å². The van der Waals surface area contributed by atoms with Crippen molar-refractivity contribution in [2.24, 2.45) is 0 Å². The second-order valence-electron chi connectivity index (χ2n) is 4.55. The van der Waals surface area contributed by atoms with Gasteiger partial charge in [-0.1, -0.05) is 45.1 Å². The van der Waals surface area contributed by atoms with Crippen molar-refractivity contribution in [2.45, 2.75) is 70.8 Å².